The van der Waals surface area contributed by atoms with Crippen LogP contribution in [0.15, 0.2) is 18.3 Å². The van der Waals surface area contributed by atoms with Crippen molar-refractivity contribution in [2.24, 2.45) is 0 Å². The molecule has 0 saturated carbocycles. The standard InChI is InChI=1S/C8H5F3N2O/c9-8(10,11)5-14-7-1-2-13-6(3-7)4-12/h1-3H,5H2. The Balaban J connectivity index is 2.65. The number of pyridine rings is 1. The van der Waals surface area contributed by atoms with Gasteiger partial charge in [0.05, 0.1) is 0 Å². The van der Waals surface area contributed by atoms with Gasteiger partial charge in [0.15, 0.2) is 6.61 Å². The van der Waals surface area contributed by atoms with Gasteiger partial charge in [-0.3, -0.25) is 0 Å². The van der Waals surface area contributed by atoms with Gasteiger partial charge in [-0.2, -0.15) is 18.4 Å². The lowest BCUT2D eigenvalue weighted by Gasteiger charge is -2.08. The fourth-order valence-electron chi connectivity index (χ4n) is 0.727. The molecule has 0 radical (unpaired) electrons. The molecule has 1 aromatic heterocycles. The number of halogens is 3. The minimum absolute atomic E-state index is 0.0182. The van der Waals surface area contributed by atoms with Gasteiger partial charge in [0, 0.05) is 12.3 Å². The van der Waals surface area contributed by atoms with Crippen molar-refractivity contribution in [2.75, 3.05) is 6.61 Å². The van der Waals surface area contributed by atoms with Crippen LogP contribution in [0.4, 0.5) is 13.2 Å². The summed E-state index contributed by atoms with van der Waals surface area (Å²) in [6, 6.07) is 4.09. The number of nitrogens with zero attached hydrogens (tertiary/aromatic N) is 2. The number of alkyl halides is 3. The van der Waals surface area contributed by atoms with Crippen molar-refractivity contribution in [3.63, 3.8) is 0 Å². The number of ether oxygens (including phenoxy) is 1. The molecule has 1 heterocycles. The van der Waals surface area contributed by atoms with Crippen molar-refractivity contribution in [3.8, 4) is 11.8 Å². The molecule has 0 bridgehead atoms. The van der Waals surface area contributed by atoms with Crippen LogP contribution < -0.4 is 4.74 Å². The highest BCUT2D eigenvalue weighted by atomic mass is 19.4. The summed E-state index contributed by atoms with van der Waals surface area (Å²) in [5, 5.41) is 8.40. The molecular weight excluding hydrogens is 197 g/mol. The molecule has 3 nitrogen and oxygen atoms in total. The molecule has 0 aliphatic carbocycles. The van der Waals surface area contributed by atoms with Crippen LogP contribution in [0.1, 0.15) is 5.69 Å². The van der Waals surface area contributed by atoms with Crippen molar-refractivity contribution >= 4 is 0 Å². The fraction of sp³-hybridized carbons (Fsp3) is 0.250. The average Bonchev–Trinajstić information content (AvgIpc) is 2.14. The molecule has 14 heavy (non-hydrogen) atoms. The molecule has 0 aliphatic heterocycles. The summed E-state index contributed by atoms with van der Waals surface area (Å²) in [6.45, 7) is -1.37. The zero-order valence-electron chi connectivity index (χ0n) is 6.88. The zero-order chi connectivity index (χ0) is 10.6. The third-order valence-electron chi connectivity index (χ3n) is 1.25. The van der Waals surface area contributed by atoms with Gasteiger partial charge in [-0.05, 0) is 6.07 Å². The van der Waals surface area contributed by atoms with Gasteiger partial charge >= 0.3 is 6.18 Å². The van der Waals surface area contributed by atoms with Crippen molar-refractivity contribution in [2.45, 2.75) is 6.18 Å². The van der Waals surface area contributed by atoms with Crippen LogP contribution in [-0.4, -0.2) is 17.8 Å². The number of hydrogen-bond acceptors (Lipinski definition) is 3. The summed E-state index contributed by atoms with van der Waals surface area (Å²) >= 11 is 0. The summed E-state index contributed by atoms with van der Waals surface area (Å²) in [7, 11) is 0. The Bertz CT molecular complexity index is 356. The molecule has 0 aromatic carbocycles. The van der Waals surface area contributed by atoms with Gasteiger partial charge in [0.25, 0.3) is 0 Å². The van der Waals surface area contributed by atoms with Crippen LogP contribution in [0.5, 0.6) is 5.75 Å². The van der Waals surface area contributed by atoms with Gasteiger partial charge in [-0.1, -0.05) is 0 Å². The van der Waals surface area contributed by atoms with Crippen molar-refractivity contribution in [1.82, 2.24) is 4.98 Å². The maximum Gasteiger partial charge on any atom is 0.422 e. The summed E-state index contributed by atoms with van der Waals surface area (Å²) in [4.78, 5) is 3.58. The quantitative estimate of drug-likeness (QED) is 0.735. The Kier molecular flexibility index (Phi) is 2.92. The molecule has 0 fully saturated rings. The van der Waals surface area contributed by atoms with Crippen LogP contribution in [0.2, 0.25) is 0 Å². The Morgan fingerprint density at radius 2 is 2.21 bits per heavy atom. The van der Waals surface area contributed by atoms with Crippen LogP contribution >= 0.6 is 0 Å². The Hall–Kier alpha value is -1.77. The molecule has 1 rings (SSSR count). The van der Waals surface area contributed by atoms with E-state index in [9.17, 15) is 13.2 Å². The largest absolute Gasteiger partial charge is 0.484 e. The van der Waals surface area contributed by atoms with Gasteiger partial charge in [0.2, 0.25) is 0 Å². The Morgan fingerprint density at radius 1 is 1.50 bits per heavy atom. The molecular formula is C8H5F3N2O. The topological polar surface area (TPSA) is 45.9 Å². The minimum Gasteiger partial charge on any atom is -0.484 e. The maximum atomic E-state index is 11.7. The Labute approximate surface area is 77.7 Å². The van der Waals surface area contributed by atoms with Crippen molar-refractivity contribution in [1.29, 1.82) is 5.26 Å². The predicted molar refractivity (Wildman–Crippen MR) is 40.5 cm³/mol. The zero-order valence-corrected chi connectivity index (χ0v) is 6.88. The monoisotopic (exact) mass is 202 g/mol. The van der Waals surface area contributed by atoms with Gasteiger partial charge in [0.1, 0.15) is 17.5 Å². The van der Waals surface area contributed by atoms with E-state index in [0.29, 0.717) is 0 Å². The third kappa shape index (κ3) is 3.31. The number of aromatic nitrogens is 1. The van der Waals surface area contributed by atoms with Crippen molar-refractivity contribution < 1.29 is 17.9 Å². The van der Waals surface area contributed by atoms with E-state index < -0.39 is 12.8 Å². The predicted octanol–water partition coefficient (Wildman–Crippen LogP) is 1.89. The highest BCUT2D eigenvalue weighted by Gasteiger charge is 2.28. The second-order valence-corrected chi connectivity index (χ2v) is 2.39. The lowest BCUT2D eigenvalue weighted by atomic mass is 10.3. The first-order valence-corrected chi connectivity index (χ1v) is 3.57. The fourth-order valence-corrected chi connectivity index (χ4v) is 0.727. The van der Waals surface area contributed by atoms with E-state index in [1.807, 2.05) is 0 Å². The number of rotatable bonds is 2. The maximum absolute atomic E-state index is 11.7. The summed E-state index contributed by atoms with van der Waals surface area (Å²) in [6.07, 6.45) is -3.17. The van der Waals surface area contributed by atoms with Crippen molar-refractivity contribution in [3.05, 3.63) is 24.0 Å². The molecule has 1 aromatic rings. The number of nitriles is 1. The Morgan fingerprint density at radius 3 is 2.79 bits per heavy atom. The summed E-state index contributed by atoms with van der Waals surface area (Å²) in [5.41, 5.74) is 0.0182. The second kappa shape index (κ2) is 3.96. The molecule has 0 spiro atoms. The molecule has 0 saturated heterocycles. The molecule has 0 atom stereocenters. The van der Waals surface area contributed by atoms with Crippen LogP contribution in [-0.2, 0) is 0 Å². The summed E-state index contributed by atoms with van der Waals surface area (Å²) < 4.78 is 39.6. The normalized spacial score (nSPS) is 10.7. The average molecular weight is 202 g/mol. The molecule has 0 aliphatic rings. The van der Waals surface area contributed by atoms with E-state index in [1.54, 1.807) is 6.07 Å². The van der Waals surface area contributed by atoms with E-state index >= 15 is 0 Å². The first-order valence-electron chi connectivity index (χ1n) is 3.57. The molecule has 0 unspecified atom stereocenters. The smallest absolute Gasteiger partial charge is 0.422 e. The van der Waals surface area contributed by atoms with E-state index in [2.05, 4.69) is 9.72 Å². The van der Waals surface area contributed by atoms with E-state index in [1.165, 1.54) is 12.3 Å². The lowest BCUT2D eigenvalue weighted by molar-refractivity contribution is -0.153. The summed E-state index contributed by atoms with van der Waals surface area (Å²) in [5.74, 6) is -0.0196. The van der Waals surface area contributed by atoms with E-state index in [0.717, 1.165) is 6.07 Å². The van der Waals surface area contributed by atoms with Gasteiger partial charge in [-0.15, -0.1) is 0 Å². The minimum atomic E-state index is -4.38. The first kappa shape index (κ1) is 10.3. The molecule has 74 valence electrons. The molecule has 0 amide bonds. The highest BCUT2D eigenvalue weighted by molar-refractivity contribution is 5.29. The SMILES string of the molecule is N#Cc1cc(OCC(F)(F)F)ccn1. The lowest BCUT2D eigenvalue weighted by Crippen LogP contribution is -2.19. The highest BCUT2D eigenvalue weighted by Crippen LogP contribution is 2.18. The third-order valence-corrected chi connectivity index (χ3v) is 1.25. The van der Waals surface area contributed by atoms with Crippen LogP contribution in [0.25, 0.3) is 0 Å². The second-order valence-electron chi connectivity index (χ2n) is 2.39. The molecule has 0 N–H and O–H groups in total. The van der Waals surface area contributed by atoms with Gasteiger partial charge < -0.3 is 4.74 Å². The molecule has 6 heteroatoms. The number of hydrogen-bond donors (Lipinski definition) is 0. The first-order chi connectivity index (χ1) is 6.51. The van der Waals surface area contributed by atoms with Gasteiger partial charge in [-0.25, -0.2) is 4.98 Å². The van der Waals surface area contributed by atoms with E-state index in [-0.39, 0.29) is 11.4 Å². The van der Waals surface area contributed by atoms with Crippen LogP contribution in [0, 0.1) is 11.3 Å². The van der Waals surface area contributed by atoms with E-state index in [4.69, 9.17) is 5.26 Å². The van der Waals surface area contributed by atoms with Crippen LogP contribution in [0.3, 0.4) is 0 Å².